The minimum Gasteiger partial charge on any atom is -0.490 e. The molecule has 0 amide bonds. The Labute approximate surface area is 123 Å². The lowest BCUT2D eigenvalue weighted by Gasteiger charge is -2.28. The molecule has 0 aliphatic heterocycles. The molecule has 0 aromatic heterocycles. The van der Waals surface area contributed by atoms with Gasteiger partial charge < -0.3 is 10.5 Å². The summed E-state index contributed by atoms with van der Waals surface area (Å²) < 4.78 is 6.10. The standard InChI is InChI=1S/C18H29NO/c1-3-14-5-9-17(10-6-14)20-18-11-7-15(8-12-18)13-16(19)4-2/h7-8,11-12,14,16-17H,3-6,9-10,13,19H2,1-2H3. The van der Waals surface area contributed by atoms with Crippen LogP contribution < -0.4 is 10.5 Å². The van der Waals surface area contributed by atoms with Crippen molar-refractivity contribution in [2.24, 2.45) is 11.7 Å². The van der Waals surface area contributed by atoms with Crippen molar-refractivity contribution in [1.29, 1.82) is 0 Å². The van der Waals surface area contributed by atoms with E-state index in [0.29, 0.717) is 6.10 Å². The van der Waals surface area contributed by atoms with Crippen LogP contribution in [-0.4, -0.2) is 12.1 Å². The average Bonchev–Trinajstić information content (AvgIpc) is 2.50. The van der Waals surface area contributed by atoms with Crippen LogP contribution in [0.3, 0.4) is 0 Å². The zero-order chi connectivity index (χ0) is 14.4. The molecule has 1 fully saturated rings. The fourth-order valence-corrected chi connectivity index (χ4v) is 3.00. The Morgan fingerprint density at radius 2 is 1.75 bits per heavy atom. The molecule has 1 aliphatic carbocycles. The number of nitrogens with two attached hydrogens (primary N) is 1. The molecular weight excluding hydrogens is 246 g/mol. The zero-order valence-electron chi connectivity index (χ0n) is 13.0. The molecule has 2 N–H and O–H groups in total. The average molecular weight is 275 g/mol. The van der Waals surface area contributed by atoms with Crippen LogP contribution >= 0.6 is 0 Å². The van der Waals surface area contributed by atoms with Gasteiger partial charge in [0.05, 0.1) is 6.10 Å². The summed E-state index contributed by atoms with van der Waals surface area (Å²) in [4.78, 5) is 0. The van der Waals surface area contributed by atoms with Crippen LogP contribution in [0.2, 0.25) is 0 Å². The highest BCUT2D eigenvalue weighted by atomic mass is 16.5. The summed E-state index contributed by atoms with van der Waals surface area (Å²) in [5.41, 5.74) is 7.29. The summed E-state index contributed by atoms with van der Waals surface area (Å²) in [6, 6.07) is 8.78. The molecule has 1 saturated carbocycles. The minimum absolute atomic E-state index is 0.270. The summed E-state index contributed by atoms with van der Waals surface area (Å²) in [5, 5.41) is 0. The predicted molar refractivity (Wildman–Crippen MR) is 85.1 cm³/mol. The van der Waals surface area contributed by atoms with Crippen molar-refractivity contribution < 1.29 is 4.74 Å². The third-order valence-corrected chi connectivity index (χ3v) is 4.62. The molecule has 1 atom stereocenters. The molecule has 0 spiro atoms. The first-order valence-electron chi connectivity index (χ1n) is 8.22. The molecular formula is C18H29NO. The molecule has 1 aromatic carbocycles. The van der Waals surface area contributed by atoms with Gasteiger partial charge in [0, 0.05) is 6.04 Å². The molecule has 1 aromatic rings. The second-order valence-corrected chi connectivity index (χ2v) is 6.19. The number of rotatable bonds is 6. The van der Waals surface area contributed by atoms with Crippen molar-refractivity contribution in [3.8, 4) is 5.75 Å². The van der Waals surface area contributed by atoms with Gasteiger partial charge in [-0.05, 0) is 62.1 Å². The van der Waals surface area contributed by atoms with Gasteiger partial charge >= 0.3 is 0 Å². The van der Waals surface area contributed by atoms with Gasteiger partial charge in [-0.15, -0.1) is 0 Å². The second-order valence-electron chi connectivity index (χ2n) is 6.19. The number of benzene rings is 1. The topological polar surface area (TPSA) is 35.2 Å². The highest BCUT2D eigenvalue weighted by molar-refractivity contribution is 5.28. The Balaban J connectivity index is 1.82. The highest BCUT2D eigenvalue weighted by Crippen LogP contribution is 2.29. The van der Waals surface area contributed by atoms with E-state index in [1.807, 2.05) is 0 Å². The van der Waals surface area contributed by atoms with E-state index in [-0.39, 0.29) is 6.04 Å². The van der Waals surface area contributed by atoms with Gasteiger partial charge in [-0.2, -0.15) is 0 Å². The maximum atomic E-state index is 6.10. The Hall–Kier alpha value is -1.02. The van der Waals surface area contributed by atoms with Gasteiger partial charge in [-0.25, -0.2) is 0 Å². The SMILES string of the molecule is CCC(N)Cc1ccc(OC2CCC(CC)CC2)cc1. The van der Waals surface area contributed by atoms with E-state index in [2.05, 4.69) is 38.1 Å². The van der Waals surface area contributed by atoms with Crippen LogP contribution in [0.5, 0.6) is 5.75 Å². The lowest BCUT2D eigenvalue weighted by Crippen LogP contribution is -2.24. The highest BCUT2D eigenvalue weighted by Gasteiger charge is 2.21. The molecule has 2 nitrogen and oxygen atoms in total. The molecule has 2 heteroatoms. The Morgan fingerprint density at radius 3 is 2.30 bits per heavy atom. The minimum atomic E-state index is 0.270. The molecule has 112 valence electrons. The van der Waals surface area contributed by atoms with Gasteiger partial charge in [0.2, 0.25) is 0 Å². The summed E-state index contributed by atoms with van der Waals surface area (Å²) in [6.07, 6.45) is 8.79. The second kappa shape index (κ2) is 7.68. The van der Waals surface area contributed by atoms with Crippen molar-refractivity contribution in [1.82, 2.24) is 0 Å². The lowest BCUT2D eigenvalue weighted by molar-refractivity contribution is 0.130. The molecule has 1 aliphatic rings. The van der Waals surface area contributed by atoms with Crippen molar-refractivity contribution in [3.63, 3.8) is 0 Å². The molecule has 0 bridgehead atoms. The summed E-state index contributed by atoms with van der Waals surface area (Å²) in [6.45, 7) is 4.43. The van der Waals surface area contributed by atoms with E-state index in [4.69, 9.17) is 10.5 Å². The van der Waals surface area contributed by atoms with Gasteiger partial charge in [0.25, 0.3) is 0 Å². The van der Waals surface area contributed by atoms with Crippen LogP contribution in [0.4, 0.5) is 0 Å². The molecule has 0 saturated heterocycles. The number of ether oxygens (including phenoxy) is 1. The normalized spacial score (nSPS) is 24.4. The van der Waals surface area contributed by atoms with E-state index < -0.39 is 0 Å². The van der Waals surface area contributed by atoms with E-state index in [0.717, 1.165) is 24.5 Å². The Bertz CT molecular complexity index is 379. The van der Waals surface area contributed by atoms with Crippen molar-refractivity contribution in [2.75, 3.05) is 0 Å². The molecule has 0 heterocycles. The fraction of sp³-hybridized carbons (Fsp3) is 0.667. The maximum Gasteiger partial charge on any atom is 0.119 e. The Morgan fingerprint density at radius 1 is 1.10 bits per heavy atom. The predicted octanol–water partition coefficient (Wildman–Crippen LogP) is 4.31. The van der Waals surface area contributed by atoms with Crippen LogP contribution in [-0.2, 0) is 6.42 Å². The van der Waals surface area contributed by atoms with Gasteiger partial charge in [-0.1, -0.05) is 32.4 Å². The first kappa shape index (κ1) is 15.4. The lowest BCUT2D eigenvalue weighted by atomic mass is 9.86. The van der Waals surface area contributed by atoms with Crippen LogP contribution in [0.1, 0.15) is 57.9 Å². The van der Waals surface area contributed by atoms with E-state index >= 15 is 0 Å². The smallest absolute Gasteiger partial charge is 0.119 e. The van der Waals surface area contributed by atoms with Crippen molar-refractivity contribution in [2.45, 2.75) is 70.9 Å². The Kier molecular flexibility index (Phi) is 5.90. The first-order chi connectivity index (χ1) is 9.71. The maximum absolute atomic E-state index is 6.10. The van der Waals surface area contributed by atoms with Crippen LogP contribution in [0, 0.1) is 5.92 Å². The van der Waals surface area contributed by atoms with E-state index in [9.17, 15) is 0 Å². The summed E-state index contributed by atoms with van der Waals surface area (Å²) in [5.74, 6) is 1.94. The van der Waals surface area contributed by atoms with E-state index in [1.54, 1.807) is 0 Å². The number of hydrogen-bond acceptors (Lipinski definition) is 2. The number of hydrogen-bond donors (Lipinski definition) is 1. The van der Waals surface area contributed by atoms with Crippen LogP contribution in [0.15, 0.2) is 24.3 Å². The molecule has 0 radical (unpaired) electrons. The molecule has 2 rings (SSSR count). The zero-order valence-corrected chi connectivity index (χ0v) is 13.0. The monoisotopic (exact) mass is 275 g/mol. The van der Waals surface area contributed by atoms with Gasteiger partial charge in [0.1, 0.15) is 5.75 Å². The van der Waals surface area contributed by atoms with Gasteiger partial charge in [0.15, 0.2) is 0 Å². The molecule has 20 heavy (non-hydrogen) atoms. The van der Waals surface area contributed by atoms with Gasteiger partial charge in [-0.3, -0.25) is 0 Å². The van der Waals surface area contributed by atoms with Crippen LogP contribution in [0.25, 0.3) is 0 Å². The largest absolute Gasteiger partial charge is 0.490 e. The first-order valence-corrected chi connectivity index (χ1v) is 8.22. The summed E-state index contributed by atoms with van der Waals surface area (Å²) >= 11 is 0. The third-order valence-electron chi connectivity index (χ3n) is 4.62. The van der Waals surface area contributed by atoms with Crippen molar-refractivity contribution in [3.05, 3.63) is 29.8 Å². The summed E-state index contributed by atoms with van der Waals surface area (Å²) in [7, 11) is 0. The third kappa shape index (κ3) is 4.52. The quantitative estimate of drug-likeness (QED) is 0.839. The van der Waals surface area contributed by atoms with Crippen molar-refractivity contribution >= 4 is 0 Å². The molecule has 1 unspecified atom stereocenters. The fourth-order valence-electron chi connectivity index (χ4n) is 3.00. The van der Waals surface area contributed by atoms with E-state index in [1.165, 1.54) is 37.7 Å².